The first-order valence-corrected chi connectivity index (χ1v) is 8.40. The molecule has 2 aromatic rings. The highest BCUT2D eigenvalue weighted by atomic mass is 35.5. The van der Waals surface area contributed by atoms with Gasteiger partial charge in [0.05, 0.1) is 6.07 Å². The number of carbonyl (C=O) groups excluding carboxylic acids is 1. The van der Waals surface area contributed by atoms with Crippen LogP contribution in [0.25, 0.3) is 0 Å². The molecule has 1 aliphatic heterocycles. The number of rotatable bonds is 3. The maximum absolute atomic E-state index is 13.1. The van der Waals surface area contributed by atoms with Crippen LogP contribution in [0.3, 0.4) is 0 Å². The average molecular weight is 358 g/mol. The number of nitriles is 1. The van der Waals surface area contributed by atoms with Gasteiger partial charge in [-0.15, -0.1) is 0 Å². The van der Waals surface area contributed by atoms with Gasteiger partial charge in [-0.05, 0) is 42.0 Å². The van der Waals surface area contributed by atoms with Crippen molar-refractivity contribution >= 4 is 17.5 Å². The van der Waals surface area contributed by atoms with Crippen LogP contribution >= 0.6 is 11.6 Å². The van der Waals surface area contributed by atoms with Crippen LogP contribution in [0.1, 0.15) is 22.0 Å². The molecule has 0 radical (unpaired) electrons. The van der Waals surface area contributed by atoms with Crippen LogP contribution in [-0.4, -0.2) is 41.9 Å². The second kappa shape index (κ2) is 7.64. The lowest BCUT2D eigenvalue weighted by Crippen LogP contribution is -2.49. The fraction of sp³-hybridized carbons (Fsp3) is 0.263. The molecule has 6 heteroatoms. The normalized spacial score (nSPS) is 16.3. The smallest absolute Gasteiger partial charge is 0.253 e. The molecule has 0 saturated carbocycles. The Morgan fingerprint density at radius 3 is 2.20 bits per heavy atom. The first-order valence-electron chi connectivity index (χ1n) is 8.02. The third-order valence-corrected chi connectivity index (χ3v) is 4.62. The van der Waals surface area contributed by atoms with Gasteiger partial charge < -0.3 is 4.90 Å². The van der Waals surface area contributed by atoms with Gasteiger partial charge in [-0.25, -0.2) is 4.39 Å². The van der Waals surface area contributed by atoms with Gasteiger partial charge in [0.1, 0.15) is 11.9 Å². The number of halogens is 2. The molecule has 1 atom stereocenters. The summed E-state index contributed by atoms with van der Waals surface area (Å²) in [7, 11) is 0. The summed E-state index contributed by atoms with van der Waals surface area (Å²) >= 11 is 5.85. The van der Waals surface area contributed by atoms with Crippen LogP contribution in [0.2, 0.25) is 5.02 Å². The molecule has 25 heavy (non-hydrogen) atoms. The summed E-state index contributed by atoms with van der Waals surface area (Å²) < 4.78 is 13.1. The molecule has 0 aliphatic carbocycles. The SMILES string of the molecule is N#C[C@H](c1ccc(F)cc1)N1CCN(C(=O)c2ccc(Cl)cc2)CC1. The number of piperazine rings is 1. The molecule has 128 valence electrons. The summed E-state index contributed by atoms with van der Waals surface area (Å²) in [5.41, 5.74) is 1.37. The Balaban J connectivity index is 1.64. The molecule has 1 aliphatic rings. The number of nitrogens with zero attached hydrogens (tertiary/aromatic N) is 3. The second-order valence-electron chi connectivity index (χ2n) is 5.92. The van der Waals surface area contributed by atoms with Gasteiger partial charge in [0.25, 0.3) is 5.91 Å². The minimum absolute atomic E-state index is 0.0355. The van der Waals surface area contributed by atoms with Gasteiger partial charge in [0.15, 0.2) is 0 Å². The van der Waals surface area contributed by atoms with Crippen molar-refractivity contribution in [2.75, 3.05) is 26.2 Å². The largest absolute Gasteiger partial charge is 0.336 e. The Morgan fingerprint density at radius 2 is 1.64 bits per heavy atom. The van der Waals surface area contributed by atoms with Crippen molar-refractivity contribution in [1.29, 1.82) is 5.26 Å². The van der Waals surface area contributed by atoms with Gasteiger partial charge in [-0.2, -0.15) is 5.26 Å². The third-order valence-electron chi connectivity index (χ3n) is 4.37. The van der Waals surface area contributed by atoms with Crippen LogP contribution in [0, 0.1) is 17.1 Å². The summed E-state index contributed by atoms with van der Waals surface area (Å²) in [4.78, 5) is 16.3. The van der Waals surface area contributed by atoms with Gasteiger partial charge in [-0.1, -0.05) is 23.7 Å². The standard InChI is InChI=1S/C19H17ClFN3O/c20-16-5-1-15(2-6-16)19(25)24-11-9-23(10-12-24)18(13-22)14-3-7-17(21)8-4-14/h1-8,18H,9-12H2/t18-/m1/s1. The summed E-state index contributed by atoms with van der Waals surface area (Å²) in [6, 6.07) is 14.7. The lowest BCUT2D eigenvalue weighted by atomic mass is 10.1. The van der Waals surface area contributed by atoms with Gasteiger partial charge in [0, 0.05) is 36.8 Å². The van der Waals surface area contributed by atoms with E-state index < -0.39 is 6.04 Å². The average Bonchev–Trinajstić information content (AvgIpc) is 2.64. The van der Waals surface area contributed by atoms with Crippen LogP contribution < -0.4 is 0 Å². The maximum Gasteiger partial charge on any atom is 0.253 e. The molecule has 1 amide bonds. The van der Waals surface area contributed by atoms with Crippen molar-refractivity contribution < 1.29 is 9.18 Å². The van der Waals surface area contributed by atoms with Crippen molar-refractivity contribution in [1.82, 2.24) is 9.80 Å². The van der Waals surface area contributed by atoms with Crippen molar-refractivity contribution in [2.45, 2.75) is 6.04 Å². The Bertz CT molecular complexity index is 778. The molecule has 0 N–H and O–H groups in total. The summed E-state index contributed by atoms with van der Waals surface area (Å²) in [5.74, 6) is -0.356. The van der Waals surface area contributed by atoms with Crippen LogP contribution in [0.15, 0.2) is 48.5 Å². The molecule has 3 rings (SSSR count). The zero-order valence-electron chi connectivity index (χ0n) is 13.5. The van der Waals surface area contributed by atoms with Gasteiger partial charge >= 0.3 is 0 Å². The molecule has 0 spiro atoms. The Kier molecular flexibility index (Phi) is 5.32. The molecule has 1 heterocycles. The van der Waals surface area contributed by atoms with Gasteiger partial charge in [-0.3, -0.25) is 9.69 Å². The number of hydrogen-bond acceptors (Lipinski definition) is 3. The van der Waals surface area contributed by atoms with Crippen molar-refractivity contribution in [2.24, 2.45) is 0 Å². The van der Waals surface area contributed by atoms with E-state index in [1.54, 1.807) is 41.3 Å². The van der Waals surface area contributed by atoms with Gasteiger partial charge in [0.2, 0.25) is 0 Å². The molecule has 4 nitrogen and oxygen atoms in total. The quantitative estimate of drug-likeness (QED) is 0.844. The number of hydrogen-bond donors (Lipinski definition) is 0. The summed E-state index contributed by atoms with van der Waals surface area (Å²) in [5, 5.41) is 10.1. The Labute approximate surface area is 151 Å². The zero-order chi connectivity index (χ0) is 17.8. The topological polar surface area (TPSA) is 47.3 Å². The molecule has 1 fully saturated rings. The highest BCUT2D eigenvalue weighted by molar-refractivity contribution is 6.30. The van der Waals surface area contributed by atoms with E-state index in [1.165, 1.54) is 12.1 Å². The van der Waals surface area contributed by atoms with E-state index in [2.05, 4.69) is 6.07 Å². The Morgan fingerprint density at radius 1 is 1.04 bits per heavy atom. The fourth-order valence-electron chi connectivity index (χ4n) is 2.97. The molecular formula is C19H17ClFN3O. The van der Waals surface area contributed by atoms with E-state index in [-0.39, 0.29) is 11.7 Å². The maximum atomic E-state index is 13.1. The predicted molar refractivity (Wildman–Crippen MR) is 93.7 cm³/mol. The molecule has 0 bridgehead atoms. The number of amides is 1. The van der Waals surface area contributed by atoms with E-state index in [4.69, 9.17) is 11.6 Å². The first kappa shape index (κ1) is 17.4. The predicted octanol–water partition coefficient (Wildman–Crippen LogP) is 3.50. The van der Waals surface area contributed by atoms with Crippen molar-refractivity contribution in [3.8, 4) is 6.07 Å². The van der Waals surface area contributed by atoms with Crippen molar-refractivity contribution in [3.05, 3.63) is 70.5 Å². The van der Waals surface area contributed by atoms with Crippen LogP contribution in [0.5, 0.6) is 0 Å². The lowest BCUT2D eigenvalue weighted by molar-refractivity contribution is 0.0606. The van der Waals surface area contributed by atoms with E-state index in [0.717, 1.165) is 5.56 Å². The second-order valence-corrected chi connectivity index (χ2v) is 6.35. The minimum atomic E-state index is -0.437. The monoisotopic (exact) mass is 357 g/mol. The molecular weight excluding hydrogens is 341 g/mol. The summed E-state index contributed by atoms with van der Waals surface area (Å²) in [6.45, 7) is 2.27. The molecule has 0 unspecified atom stereocenters. The van der Waals surface area contributed by atoms with E-state index in [0.29, 0.717) is 36.8 Å². The van der Waals surface area contributed by atoms with Crippen molar-refractivity contribution in [3.63, 3.8) is 0 Å². The van der Waals surface area contributed by atoms with E-state index in [1.807, 2.05) is 4.90 Å². The molecule has 2 aromatic carbocycles. The minimum Gasteiger partial charge on any atom is -0.336 e. The van der Waals surface area contributed by atoms with E-state index in [9.17, 15) is 14.4 Å². The van der Waals surface area contributed by atoms with E-state index >= 15 is 0 Å². The van der Waals surface area contributed by atoms with Crippen LogP contribution in [0.4, 0.5) is 4.39 Å². The third kappa shape index (κ3) is 3.98. The molecule has 0 aromatic heterocycles. The zero-order valence-corrected chi connectivity index (χ0v) is 14.3. The fourth-order valence-corrected chi connectivity index (χ4v) is 3.10. The highest BCUT2D eigenvalue weighted by Crippen LogP contribution is 2.22. The van der Waals surface area contributed by atoms with Crippen LogP contribution in [-0.2, 0) is 0 Å². The molecule has 1 saturated heterocycles. The summed E-state index contributed by atoms with van der Waals surface area (Å²) in [6.07, 6.45) is 0. The number of benzene rings is 2. The number of carbonyl (C=O) groups is 1. The highest BCUT2D eigenvalue weighted by Gasteiger charge is 2.27. The lowest BCUT2D eigenvalue weighted by Gasteiger charge is -2.37. The Hall–Kier alpha value is -2.42. The first-order chi connectivity index (χ1) is 12.1.